The van der Waals surface area contributed by atoms with Crippen LogP contribution in [0.5, 0.6) is 0 Å². The molecule has 1 N–H and O–H groups in total. The predicted octanol–water partition coefficient (Wildman–Crippen LogP) is 4.48. The van der Waals surface area contributed by atoms with Gasteiger partial charge in [0.1, 0.15) is 11.8 Å². The van der Waals surface area contributed by atoms with Gasteiger partial charge in [0.05, 0.1) is 17.4 Å². The maximum absolute atomic E-state index is 12.8. The fourth-order valence-corrected chi connectivity index (χ4v) is 1.99. The minimum absolute atomic E-state index is 0.0199. The summed E-state index contributed by atoms with van der Waals surface area (Å²) in [4.78, 5) is 3.83. The standard InChI is InChI=1S/C13H7BrF3N3/c14-12-4-3-8(5-11(12)13(15,16)17)20-10-2-1-9(6-18)19-7-10/h1-5,7,20H. The molecule has 0 radical (unpaired) electrons. The molecular weight excluding hydrogens is 335 g/mol. The second-order valence-electron chi connectivity index (χ2n) is 3.86. The average molecular weight is 342 g/mol. The Morgan fingerprint density at radius 1 is 1.15 bits per heavy atom. The molecule has 0 amide bonds. The van der Waals surface area contributed by atoms with Crippen molar-refractivity contribution in [1.82, 2.24) is 4.98 Å². The molecule has 2 aromatic rings. The summed E-state index contributed by atoms with van der Waals surface area (Å²) >= 11 is 2.87. The van der Waals surface area contributed by atoms with Crippen molar-refractivity contribution in [2.75, 3.05) is 5.32 Å². The number of nitrogens with zero attached hydrogens (tertiary/aromatic N) is 2. The summed E-state index contributed by atoms with van der Waals surface area (Å²) in [5, 5.41) is 11.4. The second kappa shape index (κ2) is 5.51. The van der Waals surface area contributed by atoms with E-state index in [1.165, 1.54) is 24.4 Å². The lowest BCUT2D eigenvalue weighted by molar-refractivity contribution is -0.138. The number of pyridine rings is 1. The lowest BCUT2D eigenvalue weighted by Crippen LogP contribution is -2.06. The summed E-state index contributed by atoms with van der Waals surface area (Å²) in [6, 6.07) is 8.74. The van der Waals surface area contributed by atoms with E-state index in [-0.39, 0.29) is 15.9 Å². The van der Waals surface area contributed by atoms with Crippen molar-refractivity contribution in [3.8, 4) is 6.07 Å². The Balaban J connectivity index is 2.28. The average Bonchev–Trinajstić information content (AvgIpc) is 2.40. The Morgan fingerprint density at radius 2 is 1.85 bits per heavy atom. The smallest absolute Gasteiger partial charge is 0.354 e. The number of nitrogens with one attached hydrogen (secondary N) is 1. The molecule has 0 aliphatic carbocycles. The van der Waals surface area contributed by atoms with Crippen LogP contribution in [-0.2, 0) is 6.18 Å². The fourth-order valence-electron chi connectivity index (χ4n) is 1.52. The molecule has 7 heteroatoms. The van der Waals surface area contributed by atoms with Gasteiger partial charge in [0, 0.05) is 10.2 Å². The van der Waals surface area contributed by atoms with Gasteiger partial charge in [-0.25, -0.2) is 4.98 Å². The number of benzene rings is 1. The first-order chi connectivity index (χ1) is 9.40. The molecule has 0 atom stereocenters. The number of hydrogen-bond acceptors (Lipinski definition) is 3. The third kappa shape index (κ3) is 3.27. The van der Waals surface area contributed by atoms with Crippen molar-refractivity contribution in [3.05, 3.63) is 52.3 Å². The van der Waals surface area contributed by atoms with Crippen LogP contribution < -0.4 is 5.32 Å². The summed E-state index contributed by atoms with van der Waals surface area (Å²) in [6.07, 6.45) is -3.05. The lowest BCUT2D eigenvalue weighted by Gasteiger charge is -2.12. The van der Waals surface area contributed by atoms with Gasteiger partial charge in [0.15, 0.2) is 0 Å². The van der Waals surface area contributed by atoms with Gasteiger partial charge >= 0.3 is 6.18 Å². The number of nitriles is 1. The molecule has 3 nitrogen and oxygen atoms in total. The van der Waals surface area contributed by atoms with E-state index in [4.69, 9.17) is 5.26 Å². The van der Waals surface area contributed by atoms with E-state index in [0.29, 0.717) is 5.69 Å². The Hall–Kier alpha value is -2.07. The van der Waals surface area contributed by atoms with Crippen molar-refractivity contribution in [1.29, 1.82) is 5.26 Å². The first-order valence-corrected chi connectivity index (χ1v) is 6.19. The van der Waals surface area contributed by atoms with Crippen molar-refractivity contribution in [3.63, 3.8) is 0 Å². The molecule has 0 fully saturated rings. The number of hydrogen-bond donors (Lipinski definition) is 1. The summed E-state index contributed by atoms with van der Waals surface area (Å²) < 4.78 is 38.3. The van der Waals surface area contributed by atoms with Crippen LogP contribution in [0.4, 0.5) is 24.5 Å². The van der Waals surface area contributed by atoms with Gasteiger partial charge in [0.25, 0.3) is 0 Å². The minimum Gasteiger partial charge on any atom is -0.354 e. The summed E-state index contributed by atoms with van der Waals surface area (Å²) in [5.74, 6) is 0. The first-order valence-electron chi connectivity index (χ1n) is 5.40. The van der Waals surface area contributed by atoms with E-state index in [1.54, 1.807) is 6.07 Å². The van der Waals surface area contributed by atoms with Crippen LogP contribution in [0.1, 0.15) is 11.3 Å². The highest BCUT2D eigenvalue weighted by Gasteiger charge is 2.33. The van der Waals surface area contributed by atoms with Crippen LogP contribution in [0.2, 0.25) is 0 Å². The van der Waals surface area contributed by atoms with Crippen LogP contribution in [0, 0.1) is 11.3 Å². The summed E-state index contributed by atoms with van der Waals surface area (Å²) in [5.41, 5.74) is 0.262. The maximum atomic E-state index is 12.8. The van der Waals surface area contributed by atoms with E-state index >= 15 is 0 Å². The number of halogens is 4. The van der Waals surface area contributed by atoms with Gasteiger partial charge in [-0.15, -0.1) is 0 Å². The maximum Gasteiger partial charge on any atom is 0.417 e. The lowest BCUT2D eigenvalue weighted by atomic mass is 10.2. The monoisotopic (exact) mass is 341 g/mol. The van der Waals surface area contributed by atoms with E-state index in [2.05, 4.69) is 26.2 Å². The number of rotatable bonds is 2. The minimum atomic E-state index is -4.43. The van der Waals surface area contributed by atoms with Gasteiger partial charge in [-0.3, -0.25) is 0 Å². The SMILES string of the molecule is N#Cc1ccc(Nc2ccc(Br)c(C(F)(F)F)c2)cn1. The highest BCUT2D eigenvalue weighted by molar-refractivity contribution is 9.10. The van der Waals surface area contributed by atoms with E-state index in [0.717, 1.165) is 6.07 Å². The molecule has 102 valence electrons. The molecular formula is C13H7BrF3N3. The molecule has 0 aliphatic heterocycles. The third-order valence-electron chi connectivity index (χ3n) is 2.44. The van der Waals surface area contributed by atoms with Gasteiger partial charge in [-0.1, -0.05) is 15.9 Å². The molecule has 0 saturated carbocycles. The van der Waals surface area contributed by atoms with Crippen LogP contribution in [0.3, 0.4) is 0 Å². The van der Waals surface area contributed by atoms with Crippen LogP contribution in [0.15, 0.2) is 41.0 Å². The van der Waals surface area contributed by atoms with Crippen LogP contribution in [0.25, 0.3) is 0 Å². The van der Waals surface area contributed by atoms with Crippen molar-refractivity contribution in [2.45, 2.75) is 6.18 Å². The zero-order chi connectivity index (χ0) is 14.8. The second-order valence-corrected chi connectivity index (χ2v) is 4.72. The number of aromatic nitrogens is 1. The van der Waals surface area contributed by atoms with Gasteiger partial charge in [-0.05, 0) is 30.3 Å². The first kappa shape index (κ1) is 14.3. The Morgan fingerprint density at radius 3 is 2.40 bits per heavy atom. The van der Waals surface area contributed by atoms with Gasteiger partial charge in [0.2, 0.25) is 0 Å². The number of anilines is 2. The van der Waals surface area contributed by atoms with Crippen LogP contribution >= 0.6 is 15.9 Å². The molecule has 1 heterocycles. The Bertz CT molecular complexity index is 660. The summed E-state index contributed by atoms with van der Waals surface area (Å²) in [7, 11) is 0. The largest absolute Gasteiger partial charge is 0.417 e. The zero-order valence-electron chi connectivity index (χ0n) is 9.87. The van der Waals surface area contributed by atoms with Gasteiger partial charge in [-0.2, -0.15) is 18.4 Å². The molecule has 0 bridgehead atoms. The molecule has 2 rings (SSSR count). The molecule has 0 saturated heterocycles. The number of alkyl halides is 3. The van der Waals surface area contributed by atoms with Crippen LogP contribution in [-0.4, -0.2) is 4.98 Å². The highest BCUT2D eigenvalue weighted by Crippen LogP contribution is 2.36. The van der Waals surface area contributed by atoms with E-state index < -0.39 is 11.7 Å². The van der Waals surface area contributed by atoms with Crippen molar-refractivity contribution in [2.24, 2.45) is 0 Å². The van der Waals surface area contributed by atoms with Gasteiger partial charge < -0.3 is 5.32 Å². The highest BCUT2D eigenvalue weighted by atomic mass is 79.9. The Kier molecular flexibility index (Phi) is 3.95. The topological polar surface area (TPSA) is 48.7 Å². The van der Waals surface area contributed by atoms with E-state index in [9.17, 15) is 13.2 Å². The molecule has 0 spiro atoms. The molecule has 1 aromatic heterocycles. The summed E-state index contributed by atoms with van der Waals surface area (Å²) in [6.45, 7) is 0. The van der Waals surface area contributed by atoms with Crippen molar-refractivity contribution < 1.29 is 13.2 Å². The fraction of sp³-hybridized carbons (Fsp3) is 0.0769. The molecule has 1 aromatic carbocycles. The predicted molar refractivity (Wildman–Crippen MR) is 71.4 cm³/mol. The normalized spacial score (nSPS) is 10.9. The molecule has 20 heavy (non-hydrogen) atoms. The molecule has 0 unspecified atom stereocenters. The van der Waals surface area contributed by atoms with E-state index in [1.807, 2.05) is 6.07 Å². The quantitative estimate of drug-likeness (QED) is 0.876. The zero-order valence-corrected chi connectivity index (χ0v) is 11.5. The Labute approximate surface area is 121 Å². The molecule has 0 aliphatic rings. The van der Waals surface area contributed by atoms with Crippen molar-refractivity contribution >= 4 is 27.3 Å². The third-order valence-corrected chi connectivity index (χ3v) is 3.13.